The minimum atomic E-state index is -0.382. The number of ether oxygens (including phenoxy) is 1. The van der Waals surface area contributed by atoms with Crippen LogP contribution in [0.1, 0.15) is 30.5 Å². The third kappa shape index (κ3) is 4.26. The molecule has 4 rings (SSSR count). The first-order chi connectivity index (χ1) is 15.0. The summed E-state index contributed by atoms with van der Waals surface area (Å²) in [6.07, 6.45) is 0.718. The van der Waals surface area contributed by atoms with Gasteiger partial charge in [0.05, 0.1) is 17.9 Å². The fraction of sp³-hybridized carbons (Fsp3) is 0.400. The maximum Gasteiger partial charge on any atom is 0.336 e. The van der Waals surface area contributed by atoms with Gasteiger partial charge in [0.2, 0.25) is 0 Å². The van der Waals surface area contributed by atoms with Crippen molar-refractivity contribution in [1.29, 1.82) is 0 Å². The van der Waals surface area contributed by atoms with Gasteiger partial charge in [0.1, 0.15) is 17.1 Å². The highest BCUT2D eigenvalue weighted by molar-refractivity contribution is 5.86. The van der Waals surface area contributed by atoms with Crippen molar-refractivity contribution in [2.75, 3.05) is 37.7 Å². The number of piperazine rings is 1. The summed E-state index contributed by atoms with van der Waals surface area (Å²) in [6, 6.07) is 11.6. The number of phenolic OH excluding ortho intramolecular Hbond substituents is 1. The number of para-hydroxylation sites is 2. The Kier molecular flexibility index (Phi) is 6.18. The molecule has 0 aliphatic carbocycles. The Balaban J connectivity index is 1.58. The number of nitrogens with zero attached hydrogens (tertiary/aromatic N) is 2. The molecule has 3 aromatic rings. The predicted molar refractivity (Wildman–Crippen MR) is 123 cm³/mol. The number of hydrogen-bond acceptors (Lipinski definition) is 6. The zero-order chi connectivity index (χ0) is 22.0. The van der Waals surface area contributed by atoms with Crippen LogP contribution >= 0.6 is 0 Å². The Morgan fingerprint density at radius 2 is 1.84 bits per heavy atom. The second-order valence-corrected chi connectivity index (χ2v) is 8.01. The van der Waals surface area contributed by atoms with Gasteiger partial charge < -0.3 is 19.2 Å². The lowest BCUT2D eigenvalue weighted by Gasteiger charge is -2.36. The van der Waals surface area contributed by atoms with Crippen molar-refractivity contribution in [3.8, 4) is 11.5 Å². The highest BCUT2D eigenvalue weighted by Gasteiger charge is 2.23. The van der Waals surface area contributed by atoms with E-state index in [-0.39, 0.29) is 11.4 Å². The smallest absolute Gasteiger partial charge is 0.336 e. The molecule has 0 atom stereocenters. The second-order valence-electron chi connectivity index (χ2n) is 8.01. The molecule has 1 N–H and O–H groups in total. The number of fused-ring (bicyclic) bond motifs is 1. The molecule has 2 aromatic carbocycles. The summed E-state index contributed by atoms with van der Waals surface area (Å²) in [5.74, 6) is 1.16. The zero-order valence-corrected chi connectivity index (χ0v) is 18.5. The van der Waals surface area contributed by atoms with E-state index in [1.165, 1.54) is 6.07 Å². The number of benzene rings is 2. The molecule has 1 aliphatic rings. The van der Waals surface area contributed by atoms with E-state index in [2.05, 4.69) is 15.9 Å². The molecule has 164 valence electrons. The lowest BCUT2D eigenvalue weighted by Crippen LogP contribution is -2.46. The summed E-state index contributed by atoms with van der Waals surface area (Å²) in [5.41, 5.74) is 3.70. The van der Waals surface area contributed by atoms with E-state index in [0.717, 1.165) is 60.5 Å². The van der Waals surface area contributed by atoms with E-state index >= 15 is 0 Å². The fourth-order valence-electron chi connectivity index (χ4n) is 4.35. The van der Waals surface area contributed by atoms with Crippen LogP contribution < -0.4 is 15.3 Å². The van der Waals surface area contributed by atoms with Crippen LogP contribution in [-0.4, -0.2) is 42.8 Å². The van der Waals surface area contributed by atoms with Crippen molar-refractivity contribution in [2.24, 2.45) is 0 Å². The lowest BCUT2D eigenvalue weighted by molar-refractivity contribution is 0.245. The van der Waals surface area contributed by atoms with Crippen LogP contribution in [-0.2, 0) is 13.0 Å². The van der Waals surface area contributed by atoms with Gasteiger partial charge in [0, 0.05) is 44.2 Å². The summed E-state index contributed by atoms with van der Waals surface area (Å²) < 4.78 is 11.4. The molecule has 31 heavy (non-hydrogen) atoms. The van der Waals surface area contributed by atoms with Gasteiger partial charge in [-0.1, -0.05) is 19.1 Å². The number of phenols is 1. The lowest BCUT2D eigenvalue weighted by atomic mass is 9.99. The third-order valence-electron chi connectivity index (χ3n) is 6.03. The molecule has 0 spiro atoms. The van der Waals surface area contributed by atoms with Crippen molar-refractivity contribution in [1.82, 2.24) is 4.90 Å². The Morgan fingerprint density at radius 1 is 1.10 bits per heavy atom. The van der Waals surface area contributed by atoms with E-state index in [4.69, 9.17) is 9.15 Å². The fourth-order valence-corrected chi connectivity index (χ4v) is 4.35. The first kappa shape index (κ1) is 21.2. The summed E-state index contributed by atoms with van der Waals surface area (Å²) >= 11 is 0. The SMILES string of the molecule is CCOc1ccccc1N1CCN(Cc2c(O)c(CC)cc3c(C)cc(=O)oc23)CC1. The summed E-state index contributed by atoms with van der Waals surface area (Å²) in [7, 11) is 0. The normalized spacial score (nSPS) is 14.9. The van der Waals surface area contributed by atoms with Crippen LogP contribution in [0.2, 0.25) is 0 Å². The minimum absolute atomic E-state index is 0.243. The summed E-state index contributed by atoms with van der Waals surface area (Å²) in [5, 5.41) is 11.8. The van der Waals surface area contributed by atoms with Gasteiger partial charge in [0.15, 0.2) is 0 Å². The molecule has 0 saturated carbocycles. The van der Waals surface area contributed by atoms with Crippen molar-refractivity contribution < 1.29 is 14.3 Å². The van der Waals surface area contributed by atoms with E-state index in [9.17, 15) is 9.90 Å². The molecule has 6 heteroatoms. The second kappa shape index (κ2) is 9.02. The Hall–Kier alpha value is -2.99. The number of hydrogen-bond donors (Lipinski definition) is 1. The molecule has 6 nitrogen and oxygen atoms in total. The van der Waals surface area contributed by atoms with Crippen molar-refractivity contribution in [2.45, 2.75) is 33.7 Å². The van der Waals surface area contributed by atoms with Gasteiger partial charge in [0.25, 0.3) is 0 Å². The van der Waals surface area contributed by atoms with Crippen molar-refractivity contribution in [3.05, 3.63) is 63.5 Å². The number of aryl methyl sites for hydroxylation is 2. The standard InChI is InChI=1S/C25H30N2O4/c1-4-18-15-19-17(3)14-23(28)31-25(19)20(24(18)29)16-26-10-12-27(13-11-26)21-8-6-7-9-22(21)30-5-2/h6-9,14-15,29H,4-5,10-13,16H2,1-3H3. The molecular formula is C25H30N2O4. The third-order valence-corrected chi connectivity index (χ3v) is 6.03. The molecule has 0 bridgehead atoms. The molecular weight excluding hydrogens is 392 g/mol. The minimum Gasteiger partial charge on any atom is -0.507 e. The zero-order valence-electron chi connectivity index (χ0n) is 18.5. The summed E-state index contributed by atoms with van der Waals surface area (Å²) in [6.45, 7) is 10.5. The van der Waals surface area contributed by atoms with Crippen LogP contribution in [0, 0.1) is 6.92 Å². The summed E-state index contributed by atoms with van der Waals surface area (Å²) in [4.78, 5) is 16.7. The van der Waals surface area contributed by atoms with Crippen LogP contribution in [0.5, 0.6) is 11.5 Å². The van der Waals surface area contributed by atoms with E-state index in [1.54, 1.807) is 0 Å². The van der Waals surface area contributed by atoms with E-state index in [0.29, 0.717) is 24.3 Å². The average Bonchev–Trinajstić information content (AvgIpc) is 2.77. The van der Waals surface area contributed by atoms with Gasteiger partial charge in [-0.3, -0.25) is 4.90 Å². The van der Waals surface area contributed by atoms with Crippen molar-refractivity contribution in [3.63, 3.8) is 0 Å². The van der Waals surface area contributed by atoms with Gasteiger partial charge in [-0.25, -0.2) is 4.79 Å². The molecule has 1 saturated heterocycles. The Morgan fingerprint density at radius 3 is 2.55 bits per heavy atom. The number of rotatable bonds is 6. The molecule has 0 amide bonds. The topological polar surface area (TPSA) is 66.2 Å². The predicted octanol–water partition coefficient (Wildman–Crippen LogP) is 4.09. The van der Waals surface area contributed by atoms with Gasteiger partial charge >= 0.3 is 5.63 Å². The Labute approximate surface area is 182 Å². The number of aromatic hydroxyl groups is 1. The average molecular weight is 423 g/mol. The highest BCUT2D eigenvalue weighted by Crippen LogP contribution is 2.34. The van der Waals surface area contributed by atoms with Crippen LogP contribution in [0.4, 0.5) is 5.69 Å². The quantitative estimate of drug-likeness (QED) is 0.604. The molecule has 0 radical (unpaired) electrons. The first-order valence-electron chi connectivity index (χ1n) is 11.0. The highest BCUT2D eigenvalue weighted by atomic mass is 16.5. The molecule has 0 unspecified atom stereocenters. The van der Waals surface area contributed by atoms with Crippen molar-refractivity contribution >= 4 is 16.7 Å². The maximum atomic E-state index is 12.0. The van der Waals surface area contributed by atoms with Gasteiger partial charge in [-0.2, -0.15) is 0 Å². The molecule has 2 heterocycles. The van der Waals surface area contributed by atoms with Gasteiger partial charge in [-0.05, 0) is 49.6 Å². The van der Waals surface area contributed by atoms with Gasteiger partial charge in [-0.15, -0.1) is 0 Å². The van der Waals surface area contributed by atoms with Crippen LogP contribution in [0.3, 0.4) is 0 Å². The molecule has 1 aliphatic heterocycles. The molecule has 1 aromatic heterocycles. The van der Waals surface area contributed by atoms with E-state index in [1.807, 2.05) is 45.0 Å². The van der Waals surface area contributed by atoms with E-state index < -0.39 is 0 Å². The monoisotopic (exact) mass is 422 g/mol. The maximum absolute atomic E-state index is 12.0. The van der Waals surface area contributed by atoms with Crippen LogP contribution in [0.15, 0.2) is 45.6 Å². The number of anilines is 1. The largest absolute Gasteiger partial charge is 0.507 e. The first-order valence-corrected chi connectivity index (χ1v) is 11.0. The molecule has 1 fully saturated rings. The van der Waals surface area contributed by atoms with Crippen LogP contribution in [0.25, 0.3) is 11.0 Å². The Bertz CT molecular complexity index is 1130.